The molecule has 1 aliphatic rings. The highest BCUT2D eigenvalue weighted by Crippen LogP contribution is 2.27. The lowest BCUT2D eigenvalue weighted by atomic mass is 10.1. The van der Waals surface area contributed by atoms with Gasteiger partial charge in [-0.2, -0.15) is 0 Å². The lowest BCUT2D eigenvalue weighted by molar-refractivity contribution is 0.235. The van der Waals surface area contributed by atoms with Gasteiger partial charge >= 0.3 is 0 Å². The van der Waals surface area contributed by atoms with E-state index in [9.17, 15) is 0 Å². The summed E-state index contributed by atoms with van der Waals surface area (Å²) >= 11 is 0. The Morgan fingerprint density at radius 3 is 3.07 bits per heavy atom. The fourth-order valence-corrected chi connectivity index (χ4v) is 1.59. The minimum absolute atomic E-state index is 0.00967. The van der Waals surface area contributed by atoms with Gasteiger partial charge in [-0.25, -0.2) is 0 Å². The molecule has 0 spiro atoms. The van der Waals surface area contributed by atoms with E-state index in [1.54, 1.807) is 0 Å². The second-order valence-electron chi connectivity index (χ2n) is 3.35. The standard InChI is InChI=1S/C10H13N3O/c11-10(12)13-6-8-5-7-3-1-2-4-9(7)14-8/h1-4,8H,5-6H2,(H4,11,12,13). The van der Waals surface area contributed by atoms with E-state index >= 15 is 0 Å². The molecule has 0 fully saturated rings. The number of hydrogen-bond acceptors (Lipinski definition) is 2. The van der Waals surface area contributed by atoms with E-state index < -0.39 is 0 Å². The van der Waals surface area contributed by atoms with E-state index in [2.05, 4.69) is 11.4 Å². The van der Waals surface area contributed by atoms with Gasteiger partial charge in [0.05, 0.1) is 6.54 Å². The Hall–Kier alpha value is -1.71. The molecule has 1 aromatic rings. The number of fused-ring (bicyclic) bond motifs is 1. The number of nitrogens with two attached hydrogens (primary N) is 1. The zero-order valence-electron chi connectivity index (χ0n) is 7.79. The van der Waals surface area contributed by atoms with Crippen LogP contribution in [0.4, 0.5) is 0 Å². The minimum atomic E-state index is -0.00967. The Balaban J connectivity index is 1.95. The molecule has 0 aromatic heterocycles. The Bertz CT molecular complexity index is 326. The fourth-order valence-electron chi connectivity index (χ4n) is 1.59. The summed E-state index contributed by atoms with van der Waals surface area (Å²) in [6, 6.07) is 7.98. The van der Waals surface area contributed by atoms with Gasteiger partial charge in [0, 0.05) is 6.42 Å². The zero-order valence-corrected chi connectivity index (χ0v) is 7.79. The highest BCUT2D eigenvalue weighted by atomic mass is 16.5. The van der Waals surface area contributed by atoms with Crippen LogP contribution in [0.15, 0.2) is 24.3 Å². The third-order valence-corrected chi connectivity index (χ3v) is 2.23. The average molecular weight is 191 g/mol. The molecular formula is C10H13N3O. The molecule has 0 aliphatic carbocycles. The molecule has 0 radical (unpaired) electrons. The first kappa shape index (κ1) is 8.87. The van der Waals surface area contributed by atoms with Crippen molar-refractivity contribution in [1.82, 2.24) is 5.32 Å². The molecule has 1 heterocycles. The SMILES string of the molecule is N=C(N)NCC1Cc2ccccc2O1. The van der Waals surface area contributed by atoms with Crippen molar-refractivity contribution in [3.05, 3.63) is 29.8 Å². The van der Waals surface area contributed by atoms with Crippen molar-refractivity contribution in [3.8, 4) is 5.75 Å². The van der Waals surface area contributed by atoms with Crippen LogP contribution in [0.3, 0.4) is 0 Å². The van der Waals surface area contributed by atoms with Crippen molar-refractivity contribution >= 4 is 5.96 Å². The van der Waals surface area contributed by atoms with Gasteiger partial charge in [0.1, 0.15) is 11.9 Å². The topological polar surface area (TPSA) is 71.1 Å². The van der Waals surface area contributed by atoms with Crippen LogP contribution in [-0.2, 0) is 6.42 Å². The summed E-state index contributed by atoms with van der Waals surface area (Å²) in [7, 11) is 0. The molecule has 0 amide bonds. The highest BCUT2D eigenvalue weighted by molar-refractivity contribution is 5.74. The molecule has 4 N–H and O–H groups in total. The van der Waals surface area contributed by atoms with Crippen molar-refractivity contribution in [3.63, 3.8) is 0 Å². The van der Waals surface area contributed by atoms with Crippen LogP contribution in [0.5, 0.6) is 5.75 Å². The molecule has 4 heteroatoms. The first-order chi connectivity index (χ1) is 6.75. The summed E-state index contributed by atoms with van der Waals surface area (Å²) in [6.45, 7) is 0.587. The minimum Gasteiger partial charge on any atom is -0.488 e. The molecule has 4 nitrogen and oxygen atoms in total. The van der Waals surface area contributed by atoms with Gasteiger partial charge in [0.2, 0.25) is 0 Å². The van der Waals surface area contributed by atoms with Gasteiger partial charge in [-0.1, -0.05) is 18.2 Å². The Labute approximate surface area is 82.6 Å². The number of rotatable bonds is 2. The predicted octanol–water partition coefficient (Wildman–Crippen LogP) is 0.473. The van der Waals surface area contributed by atoms with Crippen molar-refractivity contribution in [2.75, 3.05) is 6.54 Å². The maximum atomic E-state index is 7.03. The lowest BCUT2D eigenvalue weighted by Crippen LogP contribution is -2.38. The second-order valence-corrected chi connectivity index (χ2v) is 3.35. The third-order valence-electron chi connectivity index (χ3n) is 2.23. The zero-order chi connectivity index (χ0) is 9.97. The molecule has 1 unspecified atom stereocenters. The van der Waals surface area contributed by atoms with Crippen LogP contribution >= 0.6 is 0 Å². The van der Waals surface area contributed by atoms with E-state index in [1.807, 2.05) is 18.2 Å². The van der Waals surface area contributed by atoms with Crippen LogP contribution in [0.1, 0.15) is 5.56 Å². The summed E-state index contributed by atoms with van der Waals surface area (Å²) in [5.41, 5.74) is 6.42. The number of ether oxygens (including phenoxy) is 1. The molecule has 1 aromatic carbocycles. The molecule has 0 saturated carbocycles. The monoisotopic (exact) mass is 191 g/mol. The Morgan fingerprint density at radius 1 is 1.57 bits per heavy atom. The van der Waals surface area contributed by atoms with Gasteiger partial charge in [0.15, 0.2) is 5.96 Å². The van der Waals surface area contributed by atoms with Gasteiger partial charge in [-0.05, 0) is 11.6 Å². The molecular weight excluding hydrogens is 178 g/mol. The number of benzene rings is 1. The van der Waals surface area contributed by atoms with Crippen molar-refractivity contribution in [2.45, 2.75) is 12.5 Å². The maximum Gasteiger partial charge on any atom is 0.185 e. The van der Waals surface area contributed by atoms with Gasteiger partial charge in [-0.3, -0.25) is 5.41 Å². The van der Waals surface area contributed by atoms with E-state index in [0.717, 1.165) is 12.2 Å². The Morgan fingerprint density at radius 2 is 2.36 bits per heavy atom. The quantitative estimate of drug-likeness (QED) is 0.470. The van der Waals surface area contributed by atoms with Crippen molar-refractivity contribution in [2.24, 2.45) is 5.73 Å². The van der Waals surface area contributed by atoms with Crippen molar-refractivity contribution in [1.29, 1.82) is 5.41 Å². The van der Waals surface area contributed by atoms with E-state index in [-0.39, 0.29) is 12.1 Å². The van der Waals surface area contributed by atoms with Crippen LogP contribution in [0.25, 0.3) is 0 Å². The number of hydrogen-bond donors (Lipinski definition) is 3. The predicted molar refractivity (Wildman–Crippen MR) is 54.5 cm³/mol. The van der Waals surface area contributed by atoms with Gasteiger partial charge < -0.3 is 15.8 Å². The van der Waals surface area contributed by atoms with Gasteiger partial charge in [0.25, 0.3) is 0 Å². The summed E-state index contributed by atoms with van der Waals surface area (Å²) < 4.78 is 5.64. The maximum absolute atomic E-state index is 7.03. The number of para-hydroxylation sites is 1. The van der Waals surface area contributed by atoms with Crippen LogP contribution in [-0.4, -0.2) is 18.6 Å². The smallest absolute Gasteiger partial charge is 0.185 e. The summed E-state index contributed by atoms with van der Waals surface area (Å²) in [6.07, 6.45) is 0.979. The largest absolute Gasteiger partial charge is 0.488 e. The third kappa shape index (κ3) is 1.79. The van der Waals surface area contributed by atoms with E-state index in [0.29, 0.717) is 6.54 Å². The van der Waals surface area contributed by atoms with Crippen LogP contribution in [0, 0.1) is 5.41 Å². The lowest BCUT2D eigenvalue weighted by Gasteiger charge is -2.11. The summed E-state index contributed by atoms with van der Waals surface area (Å²) in [5, 5.41) is 9.79. The summed E-state index contributed by atoms with van der Waals surface area (Å²) in [5.74, 6) is 0.937. The molecule has 1 aliphatic heterocycles. The Kier molecular flexibility index (Phi) is 2.26. The normalized spacial score (nSPS) is 18.4. The van der Waals surface area contributed by atoms with Crippen molar-refractivity contribution < 1.29 is 4.74 Å². The average Bonchev–Trinajstić information content (AvgIpc) is 2.57. The van der Waals surface area contributed by atoms with Crippen LogP contribution in [0.2, 0.25) is 0 Å². The highest BCUT2D eigenvalue weighted by Gasteiger charge is 2.21. The van der Waals surface area contributed by atoms with Crippen LogP contribution < -0.4 is 15.8 Å². The molecule has 1 atom stereocenters. The number of guanidine groups is 1. The first-order valence-corrected chi connectivity index (χ1v) is 4.58. The first-order valence-electron chi connectivity index (χ1n) is 4.58. The molecule has 0 saturated heterocycles. The molecule has 14 heavy (non-hydrogen) atoms. The van der Waals surface area contributed by atoms with E-state index in [4.69, 9.17) is 15.9 Å². The molecule has 0 bridgehead atoms. The fraction of sp³-hybridized carbons (Fsp3) is 0.300. The summed E-state index contributed by atoms with van der Waals surface area (Å²) in [4.78, 5) is 0. The van der Waals surface area contributed by atoms with E-state index in [1.165, 1.54) is 5.56 Å². The number of nitrogens with one attached hydrogen (secondary N) is 2. The second kappa shape index (κ2) is 3.57. The molecule has 74 valence electrons. The van der Waals surface area contributed by atoms with Gasteiger partial charge in [-0.15, -0.1) is 0 Å². The molecule has 2 rings (SSSR count).